The highest BCUT2D eigenvalue weighted by atomic mass is 32.2. The van der Waals surface area contributed by atoms with Crippen LogP contribution in [0.4, 0.5) is 5.82 Å². The summed E-state index contributed by atoms with van der Waals surface area (Å²) in [5.41, 5.74) is 5.79. The topological polar surface area (TPSA) is 88.3 Å². The molecule has 0 amide bonds. The van der Waals surface area contributed by atoms with Gasteiger partial charge in [0.2, 0.25) is 0 Å². The first-order valence-corrected chi connectivity index (χ1v) is 8.00. The summed E-state index contributed by atoms with van der Waals surface area (Å²) < 4.78 is 28.3. The van der Waals surface area contributed by atoms with Crippen LogP contribution >= 0.6 is 0 Å². The molecule has 1 aliphatic heterocycles. The van der Waals surface area contributed by atoms with Crippen molar-refractivity contribution in [1.82, 2.24) is 9.29 Å². The lowest BCUT2D eigenvalue weighted by molar-refractivity contribution is 0.349. The van der Waals surface area contributed by atoms with Gasteiger partial charge in [-0.15, -0.1) is 0 Å². The van der Waals surface area contributed by atoms with E-state index in [2.05, 4.69) is 21.5 Å². The molecule has 20 heavy (non-hydrogen) atoms. The summed E-state index contributed by atoms with van der Waals surface area (Å²) in [6, 6.07) is 5.03. The van der Waals surface area contributed by atoms with Gasteiger partial charge in [-0.3, -0.25) is 4.72 Å². The molecule has 1 saturated heterocycles. The number of anilines is 1. The minimum atomic E-state index is -3.53. The standard InChI is InChI=1S/C13H18N4O2S/c14-9-5-7-12-6-4-8-13(15-12)16-20(18,19)17-10-2-1-3-11-17/h4,6,8H,1-3,9-11,14H2,(H,15,16). The minimum absolute atomic E-state index is 0.241. The molecule has 1 aromatic rings. The first-order chi connectivity index (χ1) is 9.62. The summed E-state index contributed by atoms with van der Waals surface area (Å²) in [5.74, 6) is 5.74. The van der Waals surface area contributed by atoms with Crippen molar-refractivity contribution in [2.24, 2.45) is 5.73 Å². The largest absolute Gasteiger partial charge is 0.320 e. The van der Waals surface area contributed by atoms with Crippen molar-refractivity contribution >= 4 is 16.0 Å². The third-order valence-corrected chi connectivity index (χ3v) is 4.47. The zero-order valence-corrected chi connectivity index (χ0v) is 12.0. The molecule has 1 fully saturated rings. The van der Waals surface area contributed by atoms with E-state index in [1.165, 1.54) is 4.31 Å². The van der Waals surface area contributed by atoms with Gasteiger partial charge >= 0.3 is 10.2 Å². The third kappa shape index (κ3) is 3.93. The van der Waals surface area contributed by atoms with E-state index >= 15 is 0 Å². The van der Waals surface area contributed by atoms with Gasteiger partial charge in [-0.05, 0) is 30.9 Å². The number of nitrogens with zero attached hydrogens (tertiary/aromatic N) is 2. The van der Waals surface area contributed by atoms with Crippen LogP contribution in [0.5, 0.6) is 0 Å². The van der Waals surface area contributed by atoms with Gasteiger partial charge in [0.25, 0.3) is 0 Å². The Morgan fingerprint density at radius 1 is 1.30 bits per heavy atom. The first kappa shape index (κ1) is 14.8. The Balaban J connectivity index is 2.12. The molecule has 0 bridgehead atoms. The molecular weight excluding hydrogens is 276 g/mol. The molecule has 1 aliphatic rings. The number of piperidine rings is 1. The van der Waals surface area contributed by atoms with Crippen molar-refractivity contribution in [3.8, 4) is 11.8 Å². The maximum atomic E-state index is 12.2. The molecule has 2 heterocycles. The molecular formula is C13H18N4O2S. The molecule has 1 aromatic heterocycles. The molecule has 0 unspecified atom stereocenters. The lowest BCUT2D eigenvalue weighted by Gasteiger charge is -2.25. The van der Waals surface area contributed by atoms with Crippen LogP contribution in [0, 0.1) is 11.8 Å². The normalized spacial score (nSPS) is 16.2. The fourth-order valence-corrected chi connectivity index (χ4v) is 3.25. The van der Waals surface area contributed by atoms with Crippen molar-refractivity contribution in [3.63, 3.8) is 0 Å². The molecule has 0 atom stereocenters. The second kappa shape index (κ2) is 6.70. The van der Waals surface area contributed by atoms with Gasteiger partial charge < -0.3 is 5.73 Å². The summed E-state index contributed by atoms with van der Waals surface area (Å²) in [5, 5.41) is 0. The summed E-state index contributed by atoms with van der Waals surface area (Å²) in [6.45, 7) is 1.36. The van der Waals surface area contributed by atoms with E-state index in [1.54, 1.807) is 18.2 Å². The molecule has 0 aromatic carbocycles. The first-order valence-electron chi connectivity index (χ1n) is 6.56. The predicted molar refractivity (Wildman–Crippen MR) is 78.1 cm³/mol. The molecule has 3 N–H and O–H groups in total. The highest BCUT2D eigenvalue weighted by molar-refractivity contribution is 7.90. The highest BCUT2D eigenvalue weighted by Gasteiger charge is 2.23. The molecule has 6 nitrogen and oxygen atoms in total. The van der Waals surface area contributed by atoms with E-state index in [9.17, 15) is 8.42 Å². The number of nitrogens with two attached hydrogens (primary N) is 1. The molecule has 7 heteroatoms. The smallest absolute Gasteiger partial charge is 0.302 e. The molecule has 108 valence electrons. The monoisotopic (exact) mass is 294 g/mol. The van der Waals surface area contributed by atoms with Crippen LogP contribution in [0.3, 0.4) is 0 Å². The van der Waals surface area contributed by atoms with Gasteiger partial charge in [-0.25, -0.2) is 4.98 Å². The Hall–Kier alpha value is -1.62. The predicted octanol–water partition coefficient (Wildman–Crippen LogP) is 0.534. The maximum absolute atomic E-state index is 12.2. The van der Waals surface area contributed by atoms with Crippen molar-refractivity contribution in [1.29, 1.82) is 0 Å². The maximum Gasteiger partial charge on any atom is 0.302 e. The number of nitrogens with one attached hydrogen (secondary N) is 1. The summed E-state index contributed by atoms with van der Waals surface area (Å²) in [6.07, 6.45) is 2.88. The lowest BCUT2D eigenvalue weighted by atomic mass is 10.2. The molecule has 0 aliphatic carbocycles. The Kier molecular flexibility index (Phi) is 4.95. The quantitative estimate of drug-likeness (QED) is 0.796. The number of hydrogen-bond acceptors (Lipinski definition) is 4. The Morgan fingerprint density at radius 2 is 2.05 bits per heavy atom. The average Bonchev–Trinajstić information content (AvgIpc) is 2.46. The second-order valence-corrected chi connectivity index (χ2v) is 6.15. The van der Waals surface area contributed by atoms with Crippen LogP contribution in [0.2, 0.25) is 0 Å². The summed E-state index contributed by atoms with van der Waals surface area (Å²) in [4.78, 5) is 4.14. The Bertz CT molecular complexity index is 613. The van der Waals surface area contributed by atoms with Crippen LogP contribution in [0.25, 0.3) is 0 Å². The van der Waals surface area contributed by atoms with E-state index in [0.717, 1.165) is 19.3 Å². The highest BCUT2D eigenvalue weighted by Crippen LogP contribution is 2.15. The molecule has 2 rings (SSSR count). The zero-order valence-electron chi connectivity index (χ0n) is 11.2. The number of hydrogen-bond donors (Lipinski definition) is 2. The minimum Gasteiger partial charge on any atom is -0.320 e. The van der Waals surface area contributed by atoms with Crippen LogP contribution in [-0.4, -0.2) is 37.3 Å². The fourth-order valence-electron chi connectivity index (χ4n) is 2.00. The van der Waals surface area contributed by atoms with E-state index in [0.29, 0.717) is 18.8 Å². The van der Waals surface area contributed by atoms with E-state index in [1.807, 2.05) is 0 Å². The average molecular weight is 294 g/mol. The van der Waals surface area contributed by atoms with E-state index in [4.69, 9.17) is 5.73 Å². The van der Waals surface area contributed by atoms with Crippen molar-refractivity contribution in [2.45, 2.75) is 19.3 Å². The van der Waals surface area contributed by atoms with Gasteiger partial charge in [-0.1, -0.05) is 18.4 Å². The number of aromatic nitrogens is 1. The van der Waals surface area contributed by atoms with Crippen molar-refractivity contribution in [2.75, 3.05) is 24.4 Å². The van der Waals surface area contributed by atoms with Crippen molar-refractivity contribution in [3.05, 3.63) is 23.9 Å². The van der Waals surface area contributed by atoms with Gasteiger partial charge in [0.1, 0.15) is 11.5 Å². The molecule has 0 spiro atoms. The number of pyridine rings is 1. The third-order valence-electron chi connectivity index (χ3n) is 2.96. The van der Waals surface area contributed by atoms with Crippen LogP contribution in [0.1, 0.15) is 25.0 Å². The van der Waals surface area contributed by atoms with Gasteiger partial charge in [-0.2, -0.15) is 12.7 Å². The van der Waals surface area contributed by atoms with Crippen molar-refractivity contribution < 1.29 is 8.42 Å². The Morgan fingerprint density at radius 3 is 2.75 bits per heavy atom. The number of rotatable bonds is 3. The van der Waals surface area contributed by atoms with Crippen LogP contribution < -0.4 is 10.5 Å². The van der Waals surface area contributed by atoms with Gasteiger partial charge in [0.15, 0.2) is 0 Å². The Labute approximate surface area is 119 Å². The summed E-state index contributed by atoms with van der Waals surface area (Å²) in [7, 11) is -3.53. The molecule has 0 saturated carbocycles. The SMILES string of the molecule is NCC#Cc1cccc(NS(=O)(=O)N2CCCCC2)n1. The fraction of sp³-hybridized carbons (Fsp3) is 0.462. The zero-order chi connectivity index (χ0) is 14.4. The van der Waals surface area contributed by atoms with E-state index in [-0.39, 0.29) is 12.4 Å². The van der Waals surface area contributed by atoms with Crippen LogP contribution in [-0.2, 0) is 10.2 Å². The van der Waals surface area contributed by atoms with Gasteiger partial charge in [0, 0.05) is 13.1 Å². The lowest BCUT2D eigenvalue weighted by Crippen LogP contribution is -2.39. The second-order valence-electron chi connectivity index (χ2n) is 4.48. The summed E-state index contributed by atoms with van der Waals surface area (Å²) >= 11 is 0. The van der Waals surface area contributed by atoms with Crippen LogP contribution in [0.15, 0.2) is 18.2 Å². The van der Waals surface area contributed by atoms with Gasteiger partial charge in [0.05, 0.1) is 6.54 Å². The van der Waals surface area contributed by atoms with E-state index < -0.39 is 10.2 Å². The molecule has 0 radical (unpaired) electrons.